The van der Waals surface area contributed by atoms with E-state index in [1.54, 1.807) is 17.6 Å². The van der Waals surface area contributed by atoms with Crippen molar-refractivity contribution in [1.29, 1.82) is 0 Å². The van der Waals surface area contributed by atoms with Crippen molar-refractivity contribution in [2.45, 2.75) is 18.8 Å². The Bertz CT molecular complexity index is 1150. The van der Waals surface area contributed by atoms with Gasteiger partial charge in [0.2, 0.25) is 0 Å². The molecule has 4 aromatic rings. The molecule has 0 unspecified atom stereocenters. The lowest BCUT2D eigenvalue weighted by molar-refractivity contribution is 0.454. The molecule has 7 heteroatoms. The van der Waals surface area contributed by atoms with Crippen molar-refractivity contribution in [2.75, 3.05) is 13.1 Å². The van der Waals surface area contributed by atoms with Gasteiger partial charge in [-0.05, 0) is 49.7 Å². The number of rotatable bonds is 2. The number of piperidine rings is 1. The highest BCUT2D eigenvalue weighted by Crippen LogP contribution is 2.30. The molecule has 0 aliphatic carbocycles. The van der Waals surface area contributed by atoms with Crippen molar-refractivity contribution in [3.05, 3.63) is 54.1 Å². The molecule has 1 aliphatic heterocycles. The van der Waals surface area contributed by atoms with E-state index in [1.807, 2.05) is 18.5 Å². The third-order valence-corrected chi connectivity index (χ3v) is 5.40. The molecule has 0 bridgehead atoms. The number of benzene rings is 1. The summed E-state index contributed by atoms with van der Waals surface area (Å²) in [5.74, 6) is -0.429. The number of nitrogens with zero attached hydrogens (tertiary/aromatic N) is 4. The minimum atomic E-state index is -0.403. The second-order valence-electron chi connectivity index (χ2n) is 7.16. The van der Waals surface area contributed by atoms with Crippen molar-refractivity contribution >= 4 is 16.6 Å². The van der Waals surface area contributed by atoms with Crippen LogP contribution in [0.25, 0.3) is 27.7 Å². The topological polar surface area (TPSA) is 47.2 Å². The molecule has 0 atom stereocenters. The monoisotopic (exact) mass is 367 g/mol. The van der Waals surface area contributed by atoms with Crippen LogP contribution < -0.4 is 5.32 Å². The summed E-state index contributed by atoms with van der Waals surface area (Å²) < 4.78 is 32.4. The van der Waals surface area contributed by atoms with E-state index in [2.05, 4.69) is 15.4 Å². The summed E-state index contributed by atoms with van der Waals surface area (Å²) in [6, 6.07) is 4.68. The third kappa shape index (κ3) is 2.70. The van der Waals surface area contributed by atoms with E-state index in [-0.39, 0.29) is 5.82 Å². The molecule has 0 radical (unpaired) electrons. The molecule has 5 rings (SSSR count). The number of halogens is 2. The number of nitrogens with one attached hydrogen (secondary N) is 1. The Labute approximate surface area is 154 Å². The second-order valence-corrected chi connectivity index (χ2v) is 7.16. The van der Waals surface area contributed by atoms with Crippen LogP contribution in [0.1, 0.15) is 24.5 Å². The minimum absolute atomic E-state index is 0.315. The molecule has 27 heavy (non-hydrogen) atoms. The van der Waals surface area contributed by atoms with Crippen LogP contribution in [0.3, 0.4) is 0 Å². The van der Waals surface area contributed by atoms with Gasteiger partial charge >= 0.3 is 0 Å². The molecule has 3 aromatic heterocycles. The van der Waals surface area contributed by atoms with E-state index < -0.39 is 5.82 Å². The number of hydrogen-bond donors (Lipinski definition) is 1. The minimum Gasteiger partial charge on any atom is -0.317 e. The molecular weight excluding hydrogens is 348 g/mol. The largest absolute Gasteiger partial charge is 0.317 e. The fourth-order valence-corrected chi connectivity index (χ4v) is 3.98. The van der Waals surface area contributed by atoms with Gasteiger partial charge in [-0.15, -0.1) is 0 Å². The standard InChI is InChI=1S/C20H19F2N5/c1-26-19-14(9-24-26)6-13(7-16(19)21)15-8-17(22)20-25-18(11-27(20)10-15)12-2-4-23-5-3-12/h6-12,23H,2-5H2,1H3. The molecule has 4 heterocycles. The Kier molecular flexibility index (Phi) is 3.72. The zero-order chi connectivity index (χ0) is 18.5. The van der Waals surface area contributed by atoms with Crippen molar-refractivity contribution in [3.8, 4) is 11.1 Å². The van der Waals surface area contributed by atoms with Crippen LogP contribution >= 0.6 is 0 Å². The molecule has 0 spiro atoms. The van der Waals surface area contributed by atoms with Crippen molar-refractivity contribution in [3.63, 3.8) is 0 Å². The van der Waals surface area contributed by atoms with Crippen molar-refractivity contribution in [1.82, 2.24) is 24.5 Å². The van der Waals surface area contributed by atoms with Gasteiger partial charge in [-0.3, -0.25) is 4.68 Å². The van der Waals surface area contributed by atoms with E-state index in [9.17, 15) is 8.78 Å². The Morgan fingerprint density at radius 3 is 2.63 bits per heavy atom. The first kappa shape index (κ1) is 16.4. The highest BCUT2D eigenvalue weighted by atomic mass is 19.1. The summed E-state index contributed by atoms with van der Waals surface area (Å²) in [6.07, 6.45) is 7.33. The van der Waals surface area contributed by atoms with E-state index in [1.165, 1.54) is 16.8 Å². The number of aromatic nitrogens is 4. The normalized spacial score (nSPS) is 15.8. The molecule has 0 saturated carbocycles. The summed E-state index contributed by atoms with van der Waals surface area (Å²) in [7, 11) is 1.70. The van der Waals surface area contributed by atoms with E-state index in [0.29, 0.717) is 33.6 Å². The fraction of sp³-hybridized carbons (Fsp3) is 0.300. The highest BCUT2D eigenvalue weighted by molar-refractivity contribution is 5.85. The Morgan fingerprint density at radius 2 is 1.81 bits per heavy atom. The average Bonchev–Trinajstić information content (AvgIpc) is 3.27. The van der Waals surface area contributed by atoms with Gasteiger partial charge in [0, 0.05) is 36.3 Å². The van der Waals surface area contributed by atoms with Gasteiger partial charge in [-0.2, -0.15) is 5.10 Å². The first-order valence-corrected chi connectivity index (χ1v) is 9.10. The third-order valence-electron chi connectivity index (χ3n) is 5.40. The summed E-state index contributed by atoms with van der Waals surface area (Å²) in [5, 5.41) is 8.12. The number of aryl methyl sites for hydroxylation is 1. The van der Waals surface area contributed by atoms with E-state index >= 15 is 0 Å². The summed E-state index contributed by atoms with van der Waals surface area (Å²) in [6.45, 7) is 1.91. The van der Waals surface area contributed by atoms with Crippen molar-refractivity contribution < 1.29 is 8.78 Å². The van der Waals surface area contributed by atoms with Crippen molar-refractivity contribution in [2.24, 2.45) is 7.05 Å². The van der Waals surface area contributed by atoms with Gasteiger partial charge in [0.05, 0.1) is 11.9 Å². The lowest BCUT2D eigenvalue weighted by Gasteiger charge is -2.20. The Hall–Kier alpha value is -2.80. The quantitative estimate of drug-likeness (QED) is 0.589. The first-order valence-electron chi connectivity index (χ1n) is 9.10. The number of pyridine rings is 1. The van der Waals surface area contributed by atoms with Gasteiger partial charge in [0.25, 0.3) is 0 Å². The zero-order valence-corrected chi connectivity index (χ0v) is 14.9. The molecule has 1 aliphatic rings. The SMILES string of the molecule is Cn1ncc2cc(-c3cc(F)c4nc(C5CCNCC5)cn4c3)cc(F)c21. The van der Waals surface area contributed by atoms with Crippen LogP contribution in [-0.2, 0) is 7.05 Å². The number of fused-ring (bicyclic) bond motifs is 2. The molecular formula is C20H19F2N5. The maximum atomic E-state index is 14.7. The average molecular weight is 367 g/mol. The predicted molar refractivity (Wildman–Crippen MR) is 99.7 cm³/mol. The second kappa shape index (κ2) is 6.13. The maximum absolute atomic E-state index is 14.7. The molecule has 0 amide bonds. The van der Waals surface area contributed by atoms with Crippen LogP contribution in [0.15, 0.2) is 36.8 Å². The van der Waals surface area contributed by atoms with Gasteiger partial charge in [0.1, 0.15) is 11.3 Å². The number of imidazole rings is 1. The summed E-state index contributed by atoms with van der Waals surface area (Å²) in [4.78, 5) is 4.51. The van der Waals surface area contributed by atoms with E-state index in [4.69, 9.17) is 0 Å². The first-order chi connectivity index (χ1) is 13.1. The Balaban J connectivity index is 1.61. The van der Waals surface area contributed by atoms with Gasteiger partial charge < -0.3 is 9.72 Å². The van der Waals surface area contributed by atoms with Gasteiger partial charge in [-0.1, -0.05) is 0 Å². The van der Waals surface area contributed by atoms with Crippen LogP contribution in [-0.4, -0.2) is 32.3 Å². The van der Waals surface area contributed by atoms with Gasteiger partial charge in [-0.25, -0.2) is 13.8 Å². The highest BCUT2D eigenvalue weighted by Gasteiger charge is 2.20. The fourth-order valence-electron chi connectivity index (χ4n) is 3.98. The number of hydrogen-bond acceptors (Lipinski definition) is 3. The van der Waals surface area contributed by atoms with Crippen LogP contribution in [0, 0.1) is 11.6 Å². The lowest BCUT2D eigenvalue weighted by Crippen LogP contribution is -2.26. The van der Waals surface area contributed by atoms with Crippen LogP contribution in [0.2, 0.25) is 0 Å². The lowest BCUT2D eigenvalue weighted by atomic mass is 9.95. The summed E-state index contributed by atoms with van der Waals surface area (Å²) in [5.41, 5.74) is 2.90. The zero-order valence-electron chi connectivity index (χ0n) is 14.9. The predicted octanol–water partition coefficient (Wildman–Crippen LogP) is 3.63. The summed E-state index contributed by atoms with van der Waals surface area (Å²) >= 11 is 0. The van der Waals surface area contributed by atoms with E-state index in [0.717, 1.165) is 31.6 Å². The smallest absolute Gasteiger partial charge is 0.173 e. The molecule has 1 N–H and O–H groups in total. The maximum Gasteiger partial charge on any atom is 0.173 e. The van der Waals surface area contributed by atoms with Crippen LogP contribution in [0.4, 0.5) is 8.78 Å². The molecule has 1 saturated heterocycles. The van der Waals surface area contributed by atoms with Gasteiger partial charge in [0.15, 0.2) is 11.5 Å². The molecule has 138 valence electrons. The Morgan fingerprint density at radius 1 is 1.04 bits per heavy atom. The molecule has 1 fully saturated rings. The molecule has 1 aromatic carbocycles. The van der Waals surface area contributed by atoms with Crippen LogP contribution in [0.5, 0.6) is 0 Å². The molecule has 5 nitrogen and oxygen atoms in total.